The molecule has 0 aliphatic carbocycles. The molecule has 2 atom stereocenters. The van der Waals surface area contributed by atoms with E-state index in [0.29, 0.717) is 40.7 Å². The molecule has 0 radical (unpaired) electrons. The number of rotatable bonds is 7. The van der Waals surface area contributed by atoms with Crippen LogP contribution in [0.3, 0.4) is 0 Å². The number of H-pyrrole nitrogens is 1. The minimum absolute atomic E-state index is 0.137. The number of halogens is 1. The number of benzene rings is 3. The lowest BCUT2D eigenvalue weighted by Gasteiger charge is -2.41. The van der Waals surface area contributed by atoms with E-state index in [-0.39, 0.29) is 11.8 Å². The Morgan fingerprint density at radius 1 is 1.06 bits per heavy atom. The van der Waals surface area contributed by atoms with Crippen molar-refractivity contribution < 1.29 is 19.1 Å². The largest absolute Gasteiger partial charge is 0.495 e. The summed E-state index contributed by atoms with van der Waals surface area (Å²) in [6.07, 6.45) is 1.89. The standard InChI is InChI=1S/C28H26ClN3O4/c1-35-14-13-32-26(21-16-30-22-10-6-5-7-18(21)22)25(19-8-3-4-9-20(19)28(32)34)27(33)31-23-15-17(29)11-12-24(23)36-2/h3-12,15-16,25-26,30H,13-14H2,1-2H3,(H,31,33)/t25-,26+/m0/s1. The molecule has 184 valence electrons. The third-order valence-corrected chi connectivity index (χ3v) is 6.85. The highest BCUT2D eigenvalue weighted by molar-refractivity contribution is 6.31. The molecule has 1 aliphatic heterocycles. The lowest BCUT2D eigenvalue weighted by atomic mass is 9.79. The number of nitrogens with zero attached hydrogens (tertiary/aromatic N) is 1. The molecule has 0 fully saturated rings. The number of hydrogen-bond acceptors (Lipinski definition) is 4. The number of ether oxygens (including phenoxy) is 2. The number of fused-ring (bicyclic) bond motifs is 2. The number of anilines is 1. The Hall–Kier alpha value is -3.81. The van der Waals surface area contributed by atoms with Gasteiger partial charge in [0.05, 0.1) is 31.4 Å². The fourth-order valence-electron chi connectivity index (χ4n) is 4.98. The van der Waals surface area contributed by atoms with Gasteiger partial charge in [0, 0.05) is 46.9 Å². The molecular weight excluding hydrogens is 478 g/mol. The molecule has 8 heteroatoms. The van der Waals surface area contributed by atoms with E-state index in [1.807, 2.05) is 48.7 Å². The maximum atomic E-state index is 14.1. The van der Waals surface area contributed by atoms with Gasteiger partial charge in [0.15, 0.2) is 0 Å². The Morgan fingerprint density at radius 2 is 1.83 bits per heavy atom. The Balaban J connectivity index is 1.68. The smallest absolute Gasteiger partial charge is 0.254 e. The number of carbonyl (C=O) groups is 2. The van der Waals surface area contributed by atoms with E-state index in [1.165, 1.54) is 7.11 Å². The van der Waals surface area contributed by atoms with Gasteiger partial charge in [-0.2, -0.15) is 0 Å². The van der Waals surface area contributed by atoms with Crippen LogP contribution in [0, 0.1) is 0 Å². The van der Waals surface area contributed by atoms with Crippen LogP contribution in [0.1, 0.15) is 33.4 Å². The van der Waals surface area contributed by atoms with Gasteiger partial charge in [-0.15, -0.1) is 0 Å². The van der Waals surface area contributed by atoms with Crippen LogP contribution >= 0.6 is 11.6 Å². The van der Waals surface area contributed by atoms with E-state index >= 15 is 0 Å². The average Bonchev–Trinajstić information content (AvgIpc) is 3.32. The minimum atomic E-state index is -0.696. The number of carbonyl (C=O) groups excluding carboxylic acids is 2. The highest BCUT2D eigenvalue weighted by Gasteiger charge is 2.45. The number of aromatic nitrogens is 1. The molecule has 0 saturated carbocycles. The molecule has 1 aromatic heterocycles. The van der Waals surface area contributed by atoms with Crippen LogP contribution in [0.25, 0.3) is 10.9 Å². The zero-order chi connectivity index (χ0) is 25.2. The molecule has 2 heterocycles. The predicted molar refractivity (Wildman–Crippen MR) is 140 cm³/mol. The van der Waals surface area contributed by atoms with Gasteiger partial charge in [0.1, 0.15) is 5.75 Å². The van der Waals surface area contributed by atoms with Crippen molar-refractivity contribution in [1.82, 2.24) is 9.88 Å². The van der Waals surface area contributed by atoms with Gasteiger partial charge in [-0.1, -0.05) is 48.0 Å². The van der Waals surface area contributed by atoms with Gasteiger partial charge >= 0.3 is 0 Å². The second-order valence-electron chi connectivity index (χ2n) is 8.62. The number of amides is 2. The SMILES string of the molecule is COCCN1C(=O)c2ccccc2[C@H](C(=O)Nc2cc(Cl)ccc2OC)[C@H]1c1c[nH]c2ccccc12. The molecule has 4 aromatic rings. The normalized spacial score (nSPS) is 17.2. The molecular formula is C28H26ClN3O4. The van der Waals surface area contributed by atoms with Crippen molar-refractivity contribution in [3.63, 3.8) is 0 Å². The van der Waals surface area contributed by atoms with Gasteiger partial charge in [0.25, 0.3) is 5.91 Å². The second-order valence-corrected chi connectivity index (χ2v) is 9.06. The summed E-state index contributed by atoms with van der Waals surface area (Å²) in [5.41, 5.74) is 3.43. The first-order valence-corrected chi connectivity index (χ1v) is 12.0. The summed E-state index contributed by atoms with van der Waals surface area (Å²) >= 11 is 6.22. The van der Waals surface area contributed by atoms with Crippen molar-refractivity contribution in [1.29, 1.82) is 0 Å². The van der Waals surface area contributed by atoms with Crippen molar-refractivity contribution in [3.05, 3.63) is 94.6 Å². The lowest BCUT2D eigenvalue weighted by molar-refractivity contribution is -0.119. The number of hydrogen-bond donors (Lipinski definition) is 2. The first-order chi connectivity index (χ1) is 17.5. The Kier molecular flexibility index (Phi) is 6.67. The fraction of sp³-hybridized carbons (Fsp3) is 0.214. The average molecular weight is 504 g/mol. The summed E-state index contributed by atoms with van der Waals surface area (Å²) in [7, 11) is 3.13. The van der Waals surface area contributed by atoms with Crippen molar-refractivity contribution in [2.75, 3.05) is 32.7 Å². The minimum Gasteiger partial charge on any atom is -0.495 e. The van der Waals surface area contributed by atoms with Crippen LogP contribution < -0.4 is 10.1 Å². The van der Waals surface area contributed by atoms with Gasteiger partial charge in [0.2, 0.25) is 5.91 Å². The van der Waals surface area contributed by atoms with E-state index in [4.69, 9.17) is 21.1 Å². The van der Waals surface area contributed by atoms with Crippen LogP contribution in [0.15, 0.2) is 72.9 Å². The zero-order valence-corrected chi connectivity index (χ0v) is 20.7. The maximum absolute atomic E-state index is 14.1. The molecule has 5 rings (SSSR count). The van der Waals surface area contributed by atoms with E-state index in [0.717, 1.165) is 16.5 Å². The number of nitrogens with one attached hydrogen (secondary N) is 2. The molecule has 0 spiro atoms. The molecule has 2 amide bonds. The van der Waals surface area contributed by atoms with Crippen LogP contribution in [0.4, 0.5) is 5.69 Å². The van der Waals surface area contributed by atoms with E-state index in [2.05, 4.69) is 10.3 Å². The first kappa shape index (κ1) is 23.9. The summed E-state index contributed by atoms with van der Waals surface area (Å²) in [4.78, 5) is 32.8. The van der Waals surface area contributed by atoms with E-state index in [9.17, 15) is 9.59 Å². The number of para-hydroxylation sites is 1. The Morgan fingerprint density at radius 3 is 2.64 bits per heavy atom. The van der Waals surface area contributed by atoms with Crippen LogP contribution in [-0.2, 0) is 9.53 Å². The molecule has 1 aliphatic rings. The van der Waals surface area contributed by atoms with Gasteiger partial charge in [-0.3, -0.25) is 9.59 Å². The quantitative estimate of drug-likeness (QED) is 0.354. The molecule has 2 N–H and O–H groups in total. The third kappa shape index (κ3) is 4.21. The second kappa shape index (κ2) is 10.0. The summed E-state index contributed by atoms with van der Waals surface area (Å²) in [5, 5.41) is 4.44. The lowest BCUT2D eigenvalue weighted by Crippen LogP contribution is -2.47. The zero-order valence-electron chi connectivity index (χ0n) is 20.0. The summed E-state index contributed by atoms with van der Waals surface area (Å²) in [6.45, 7) is 0.668. The van der Waals surface area contributed by atoms with E-state index in [1.54, 1.807) is 36.3 Å². The summed E-state index contributed by atoms with van der Waals surface area (Å²) < 4.78 is 10.8. The van der Waals surface area contributed by atoms with Crippen molar-refractivity contribution in [3.8, 4) is 5.75 Å². The van der Waals surface area contributed by atoms with Crippen LogP contribution in [0.2, 0.25) is 5.02 Å². The van der Waals surface area contributed by atoms with Gasteiger partial charge in [-0.25, -0.2) is 0 Å². The fourth-order valence-corrected chi connectivity index (χ4v) is 5.16. The monoisotopic (exact) mass is 503 g/mol. The Bertz CT molecular complexity index is 1430. The van der Waals surface area contributed by atoms with E-state index < -0.39 is 12.0 Å². The number of aromatic amines is 1. The number of methoxy groups -OCH3 is 2. The van der Waals surface area contributed by atoms with Crippen LogP contribution in [-0.4, -0.2) is 49.1 Å². The van der Waals surface area contributed by atoms with Crippen molar-refractivity contribution in [2.24, 2.45) is 0 Å². The molecule has 0 saturated heterocycles. The molecule has 7 nitrogen and oxygen atoms in total. The maximum Gasteiger partial charge on any atom is 0.254 e. The highest BCUT2D eigenvalue weighted by atomic mass is 35.5. The predicted octanol–water partition coefficient (Wildman–Crippen LogP) is 5.40. The summed E-state index contributed by atoms with van der Waals surface area (Å²) in [6, 6.07) is 19.6. The topological polar surface area (TPSA) is 83.7 Å². The van der Waals surface area contributed by atoms with Crippen LogP contribution in [0.5, 0.6) is 5.75 Å². The van der Waals surface area contributed by atoms with Gasteiger partial charge < -0.3 is 24.7 Å². The van der Waals surface area contributed by atoms with Gasteiger partial charge in [-0.05, 0) is 35.9 Å². The molecule has 3 aromatic carbocycles. The molecule has 36 heavy (non-hydrogen) atoms. The summed E-state index contributed by atoms with van der Waals surface area (Å²) in [5.74, 6) is -0.609. The van der Waals surface area contributed by atoms with Crippen molar-refractivity contribution >= 4 is 40.0 Å². The highest BCUT2D eigenvalue weighted by Crippen LogP contribution is 2.45. The van der Waals surface area contributed by atoms with Crippen molar-refractivity contribution in [2.45, 2.75) is 12.0 Å². The first-order valence-electron chi connectivity index (χ1n) is 11.6. The molecule has 0 bridgehead atoms. The third-order valence-electron chi connectivity index (χ3n) is 6.62. The molecule has 0 unspecified atom stereocenters. The Labute approximate surface area is 214 Å².